The monoisotopic (exact) mass is 485 g/mol. The number of carbonyl (C=O) groups is 2. The first kappa shape index (κ1) is 20.8. The Morgan fingerprint density at radius 1 is 1.11 bits per heavy atom. The Bertz CT molecular complexity index is 769. The second kappa shape index (κ2) is 11.3. The highest BCUT2D eigenvalue weighted by Gasteiger charge is 2.05. The number of furan rings is 1. The van der Waals surface area contributed by atoms with E-state index in [1.165, 1.54) is 12.2 Å². The number of ether oxygens (including phenoxy) is 3. The van der Waals surface area contributed by atoms with Crippen molar-refractivity contribution in [3.63, 3.8) is 0 Å². The summed E-state index contributed by atoms with van der Waals surface area (Å²) < 4.78 is 21.7. The maximum atomic E-state index is 11.6. The van der Waals surface area contributed by atoms with Gasteiger partial charge in [-0.25, -0.2) is 4.79 Å². The molecule has 0 bridgehead atoms. The number of esters is 1. The predicted octanol–water partition coefficient (Wildman–Crippen LogP) is 3.03. The van der Waals surface area contributed by atoms with Gasteiger partial charge in [-0.05, 0) is 72.0 Å². The molecule has 0 spiro atoms. The molecule has 0 aliphatic rings. The third-order valence-corrected chi connectivity index (χ3v) is 3.73. The fourth-order valence-corrected chi connectivity index (χ4v) is 2.40. The Morgan fingerprint density at radius 3 is 2.44 bits per heavy atom. The third-order valence-electron chi connectivity index (χ3n) is 3.15. The summed E-state index contributed by atoms with van der Waals surface area (Å²) in [6, 6.07) is 10.7. The van der Waals surface area contributed by atoms with Crippen LogP contribution in [0.2, 0.25) is 0 Å². The lowest BCUT2D eigenvalue weighted by Crippen LogP contribution is -2.31. The van der Waals surface area contributed by atoms with E-state index in [1.54, 1.807) is 24.3 Å². The number of hydrogen-bond acceptors (Lipinski definition) is 6. The molecule has 1 aromatic heterocycles. The molecule has 1 heterocycles. The number of amides is 1. The molecule has 7 nitrogen and oxygen atoms in total. The van der Waals surface area contributed by atoms with Gasteiger partial charge in [0.2, 0.25) is 0 Å². The summed E-state index contributed by atoms with van der Waals surface area (Å²) in [7, 11) is 0. The van der Waals surface area contributed by atoms with Crippen LogP contribution in [0.3, 0.4) is 0 Å². The number of rotatable bonds is 10. The molecule has 0 aliphatic carbocycles. The van der Waals surface area contributed by atoms with Gasteiger partial charge < -0.3 is 23.9 Å². The van der Waals surface area contributed by atoms with Crippen LogP contribution in [0.4, 0.5) is 0 Å². The lowest BCUT2D eigenvalue weighted by Gasteiger charge is -2.09. The van der Waals surface area contributed by atoms with Crippen molar-refractivity contribution in [3.05, 3.63) is 52.0 Å². The van der Waals surface area contributed by atoms with Crippen molar-refractivity contribution in [1.29, 1.82) is 0 Å². The van der Waals surface area contributed by atoms with Crippen molar-refractivity contribution in [2.45, 2.75) is 6.92 Å². The smallest absolute Gasteiger partial charge is 0.331 e. The largest absolute Gasteiger partial charge is 0.494 e. The number of hydrogen-bond donors (Lipinski definition) is 1. The van der Waals surface area contributed by atoms with E-state index in [0.29, 0.717) is 35.0 Å². The first-order valence-electron chi connectivity index (χ1n) is 8.29. The van der Waals surface area contributed by atoms with Crippen LogP contribution in [-0.4, -0.2) is 38.2 Å². The van der Waals surface area contributed by atoms with Crippen molar-refractivity contribution >= 4 is 40.5 Å². The van der Waals surface area contributed by atoms with E-state index >= 15 is 0 Å². The van der Waals surface area contributed by atoms with Gasteiger partial charge >= 0.3 is 5.97 Å². The Labute approximate surface area is 170 Å². The maximum absolute atomic E-state index is 11.6. The van der Waals surface area contributed by atoms with E-state index in [9.17, 15) is 9.59 Å². The zero-order valence-electron chi connectivity index (χ0n) is 14.8. The van der Waals surface area contributed by atoms with E-state index in [2.05, 4.69) is 5.32 Å². The fraction of sp³-hybridized carbons (Fsp3) is 0.263. The lowest BCUT2D eigenvalue weighted by molar-refractivity contribution is -0.143. The van der Waals surface area contributed by atoms with Gasteiger partial charge in [-0.15, -0.1) is 0 Å². The van der Waals surface area contributed by atoms with Crippen molar-refractivity contribution in [1.82, 2.24) is 5.32 Å². The van der Waals surface area contributed by atoms with E-state index in [-0.39, 0.29) is 6.61 Å². The molecule has 0 fully saturated rings. The second-order valence-electron chi connectivity index (χ2n) is 5.19. The number of nitrogens with one attached hydrogen (secondary N) is 1. The molecular formula is C19H20INO6. The lowest BCUT2D eigenvalue weighted by atomic mass is 10.3. The molecule has 0 unspecified atom stereocenters. The highest BCUT2D eigenvalue weighted by molar-refractivity contribution is 14.1. The molecule has 2 rings (SSSR count). The molecule has 0 saturated carbocycles. The van der Waals surface area contributed by atoms with Crippen LogP contribution in [0.5, 0.6) is 11.5 Å². The van der Waals surface area contributed by atoms with Crippen LogP contribution in [0.1, 0.15) is 12.7 Å². The SMILES string of the molecule is CCOc1ccc(OCCNC(=O)COC(=O)/C=C/c2ccc(I)o2)cc1. The summed E-state index contributed by atoms with van der Waals surface area (Å²) >= 11 is 2.02. The van der Waals surface area contributed by atoms with Crippen LogP contribution in [0.15, 0.2) is 46.9 Å². The molecule has 8 heteroatoms. The molecule has 1 N–H and O–H groups in total. The van der Waals surface area contributed by atoms with Crippen molar-refractivity contribution in [3.8, 4) is 11.5 Å². The average Bonchev–Trinajstić information content (AvgIpc) is 3.08. The second-order valence-corrected chi connectivity index (χ2v) is 6.25. The summed E-state index contributed by atoms with van der Waals surface area (Å²) in [5.41, 5.74) is 0. The first-order chi connectivity index (χ1) is 13.1. The average molecular weight is 485 g/mol. The van der Waals surface area contributed by atoms with E-state index in [1.807, 2.05) is 41.6 Å². The molecule has 0 radical (unpaired) electrons. The normalized spacial score (nSPS) is 10.6. The summed E-state index contributed by atoms with van der Waals surface area (Å²) in [5.74, 6) is 0.960. The molecule has 1 amide bonds. The minimum Gasteiger partial charge on any atom is -0.494 e. The molecule has 1 aromatic carbocycles. The van der Waals surface area contributed by atoms with E-state index in [4.69, 9.17) is 18.6 Å². The van der Waals surface area contributed by atoms with Gasteiger partial charge in [0.15, 0.2) is 10.4 Å². The minimum atomic E-state index is -0.623. The maximum Gasteiger partial charge on any atom is 0.331 e. The Balaban J connectivity index is 1.59. The van der Waals surface area contributed by atoms with Crippen LogP contribution in [0, 0.1) is 3.77 Å². The summed E-state index contributed by atoms with van der Waals surface area (Å²) in [6.07, 6.45) is 2.68. The van der Waals surface area contributed by atoms with E-state index in [0.717, 1.165) is 5.75 Å². The van der Waals surface area contributed by atoms with Crippen molar-refractivity contribution < 1.29 is 28.2 Å². The third kappa shape index (κ3) is 8.16. The zero-order chi connectivity index (χ0) is 19.5. The van der Waals surface area contributed by atoms with Gasteiger partial charge in [0, 0.05) is 6.08 Å². The Morgan fingerprint density at radius 2 is 1.81 bits per heavy atom. The molecule has 0 saturated heterocycles. The first-order valence-corrected chi connectivity index (χ1v) is 9.37. The number of carbonyl (C=O) groups excluding carboxylic acids is 2. The van der Waals surface area contributed by atoms with Crippen LogP contribution >= 0.6 is 22.6 Å². The summed E-state index contributed by atoms with van der Waals surface area (Å²) in [4.78, 5) is 23.2. The Kier molecular flexibility index (Phi) is 8.69. The van der Waals surface area contributed by atoms with Gasteiger partial charge in [0.25, 0.3) is 5.91 Å². The number of halogens is 1. The summed E-state index contributed by atoms with van der Waals surface area (Å²) in [5, 5.41) is 2.61. The van der Waals surface area contributed by atoms with Gasteiger partial charge in [-0.2, -0.15) is 0 Å². The molecular weight excluding hydrogens is 465 g/mol. The van der Waals surface area contributed by atoms with Gasteiger partial charge in [-0.1, -0.05) is 0 Å². The highest BCUT2D eigenvalue weighted by Crippen LogP contribution is 2.17. The fourth-order valence-electron chi connectivity index (χ4n) is 1.96. The van der Waals surface area contributed by atoms with Gasteiger partial charge in [0.1, 0.15) is 23.9 Å². The standard InChI is InChI=1S/C19H20INO6/c1-2-24-14-3-5-15(6-4-14)25-12-11-21-18(22)13-26-19(23)10-8-16-7-9-17(20)27-16/h3-10H,2,11-13H2,1H3,(H,21,22)/b10-8+. The predicted molar refractivity (Wildman–Crippen MR) is 108 cm³/mol. The molecule has 2 aromatic rings. The Hall–Kier alpha value is -2.49. The van der Waals surface area contributed by atoms with Gasteiger partial charge in [0.05, 0.1) is 13.2 Å². The topological polar surface area (TPSA) is 87.0 Å². The van der Waals surface area contributed by atoms with Crippen LogP contribution in [0.25, 0.3) is 6.08 Å². The molecule has 27 heavy (non-hydrogen) atoms. The highest BCUT2D eigenvalue weighted by atomic mass is 127. The van der Waals surface area contributed by atoms with Crippen molar-refractivity contribution in [2.24, 2.45) is 0 Å². The van der Waals surface area contributed by atoms with E-state index < -0.39 is 11.9 Å². The zero-order valence-corrected chi connectivity index (χ0v) is 16.9. The molecule has 0 aliphatic heterocycles. The quantitative estimate of drug-likeness (QED) is 0.241. The van der Waals surface area contributed by atoms with Crippen LogP contribution in [-0.2, 0) is 14.3 Å². The molecule has 0 atom stereocenters. The minimum absolute atomic E-state index is 0.296. The van der Waals surface area contributed by atoms with Crippen LogP contribution < -0.4 is 14.8 Å². The molecule has 144 valence electrons. The summed E-state index contributed by atoms with van der Waals surface area (Å²) in [6.45, 7) is 2.76. The van der Waals surface area contributed by atoms with Gasteiger partial charge in [-0.3, -0.25) is 4.79 Å². The number of benzene rings is 1. The van der Waals surface area contributed by atoms with Crippen molar-refractivity contribution in [2.75, 3.05) is 26.4 Å².